The SMILES string of the molecule is COc1ccc(C(=O)N(Cc2cccc(-c3ccc(N4CCN(C)CC4)c([N+](=O)[O-])c3)c2)C2CCC(N)CC2)cc1OC. The topological polar surface area (TPSA) is 114 Å². The van der Waals surface area contributed by atoms with Gasteiger partial charge < -0.3 is 29.9 Å². The molecule has 0 radical (unpaired) electrons. The lowest BCUT2D eigenvalue weighted by atomic mass is 9.90. The number of anilines is 1. The molecule has 43 heavy (non-hydrogen) atoms. The Morgan fingerprint density at radius 1 is 0.930 bits per heavy atom. The highest BCUT2D eigenvalue weighted by atomic mass is 16.6. The van der Waals surface area contributed by atoms with Crippen LogP contribution < -0.4 is 20.1 Å². The number of nitrogens with two attached hydrogens (primary N) is 1. The zero-order valence-corrected chi connectivity index (χ0v) is 25.2. The van der Waals surface area contributed by atoms with Crippen LogP contribution in [-0.4, -0.2) is 80.2 Å². The van der Waals surface area contributed by atoms with Gasteiger partial charge >= 0.3 is 0 Å². The highest BCUT2D eigenvalue weighted by Crippen LogP contribution is 2.35. The zero-order valence-electron chi connectivity index (χ0n) is 25.2. The number of nitrogens with zero attached hydrogens (tertiary/aromatic N) is 4. The number of benzene rings is 3. The molecule has 1 heterocycles. The van der Waals surface area contributed by atoms with E-state index in [0.29, 0.717) is 29.3 Å². The molecule has 0 spiro atoms. The average molecular weight is 588 g/mol. The molecule has 10 nitrogen and oxygen atoms in total. The number of carbonyl (C=O) groups is 1. The van der Waals surface area contributed by atoms with Gasteiger partial charge in [-0.25, -0.2) is 0 Å². The fourth-order valence-corrected chi connectivity index (χ4v) is 6.13. The number of rotatable bonds is 9. The molecule has 1 aliphatic heterocycles. The van der Waals surface area contributed by atoms with Gasteiger partial charge in [0.25, 0.3) is 11.6 Å². The molecular weight excluding hydrogens is 546 g/mol. The molecule has 1 saturated heterocycles. The van der Waals surface area contributed by atoms with E-state index in [0.717, 1.165) is 68.6 Å². The van der Waals surface area contributed by atoms with Crippen molar-refractivity contribution < 1.29 is 19.2 Å². The van der Waals surface area contributed by atoms with E-state index in [-0.39, 0.29) is 28.6 Å². The Morgan fingerprint density at radius 2 is 1.63 bits per heavy atom. The quantitative estimate of drug-likeness (QED) is 0.277. The second kappa shape index (κ2) is 13.4. The highest BCUT2D eigenvalue weighted by Gasteiger charge is 2.29. The van der Waals surface area contributed by atoms with Gasteiger partial charge in [-0.1, -0.05) is 24.3 Å². The lowest BCUT2D eigenvalue weighted by Gasteiger charge is -2.36. The van der Waals surface area contributed by atoms with Gasteiger partial charge in [0.2, 0.25) is 0 Å². The number of amides is 1. The van der Waals surface area contributed by atoms with Crippen LogP contribution >= 0.6 is 0 Å². The number of hydrogen-bond donors (Lipinski definition) is 1. The van der Waals surface area contributed by atoms with Crippen molar-refractivity contribution in [2.24, 2.45) is 5.73 Å². The first-order chi connectivity index (χ1) is 20.8. The van der Waals surface area contributed by atoms with Gasteiger partial charge in [-0.2, -0.15) is 0 Å². The van der Waals surface area contributed by atoms with Gasteiger partial charge in [0.15, 0.2) is 11.5 Å². The fraction of sp³-hybridized carbons (Fsp3) is 0.424. The number of hydrogen-bond acceptors (Lipinski definition) is 8. The van der Waals surface area contributed by atoms with Crippen molar-refractivity contribution in [2.45, 2.75) is 44.3 Å². The summed E-state index contributed by atoms with van der Waals surface area (Å²) >= 11 is 0. The molecule has 5 rings (SSSR count). The van der Waals surface area contributed by atoms with Gasteiger partial charge in [0.05, 0.1) is 19.1 Å². The van der Waals surface area contributed by atoms with E-state index in [1.54, 1.807) is 38.5 Å². The lowest BCUT2D eigenvalue weighted by Crippen LogP contribution is -2.44. The number of likely N-dealkylation sites (N-methyl/N-ethyl adjacent to an activating group) is 1. The van der Waals surface area contributed by atoms with Crippen molar-refractivity contribution in [3.63, 3.8) is 0 Å². The zero-order chi connectivity index (χ0) is 30.5. The first-order valence-electron chi connectivity index (χ1n) is 14.9. The second-order valence-corrected chi connectivity index (χ2v) is 11.5. The van der Waals surface area contributed by atoms with Crippen molar-refractivity contribution in [1.82, 2.24) is 9.80 Å². The van der Waals surface area contributed by atoms with Crippen LogP contribution in [0.3, 0.4) is 0 Å². The number of methoxy groups -OCH3 is 2. The van der Waals surface area contributed by atoms with Crippen molar-refractivity contribution in [3.05, 3.63) is 81.9 Å². The van der Waals surface area contributed by atoms with Crippen LogP contribution in [-0.2, 0) is 6.54 Å². The molecule has 0 atom stereocenters. The maximum atomic E-state index is 14.0. The Bertz CT molecular complexity index is 1450. The maximum absolute atomic E-state index is 14.0. The minimum atomic E-state index is -0.293. The number of ether oxygens (including phenoxy) is 2. The minimum absolute atomic E-state index is 0.0491. The monoisotopic (exact) mass is 587 g/mol. The van der Waals surface area contributed by atoms with Crippen LogP contribution in [0.5, 0.6) is 11.5 Å². The molecule has 0 bridgehead atoms. The molecule has 1 aliphatic carbocycles. The van der Waals surface area contributed by atoms with E-state index < -0.39 is 0 Å². The van der Waals surface area contributed by atoms with Crippen LogP contribution in [0.4, 0.5) is 11.4 Å². The predicted molar refractivity (Wildman–Crippen MR) is 168 cm³/mol. The third-order valence-corrected chi connectivity index (χ3v) is 8.70. The Morgan fingerprint density at radius 3 is 2.30 bits per heavy atom. The molecule has 10 heteroatoms. The lowest BCUT2D eigenvalue weighted by molar-refractivity contribution is -0.384. The first kappa shape index (κ1) is 30.3. The van der Waals surface area contributed by atoms with Crippen molar-refractivity contribution in [3.8, 4) is 22.6 Å². The van der Waals surface area contributed by atoms with Crippen LogP contribution in [0.15, 0.2) is 60.7 Å². The van der Waals surface area contributed by atoms with Crippen molar-refractivity contribution in [1.29, 1.82) is 0 Å². The Hall–Kier alpha value is -4.15. The number of piperazine rings is 1. The summed E-state index contributed by atoms with van der Waals surface area (Å²) in [5.74, 6) is 0.983. The molecule has 1 saturated carbocycles. The largest absolute Gasteiger partial charge is 0.493 e. The third-order valence-electron chi connectivity index (χ3n) is 8.70. The Labute approximate surface area is 253 Å². The fourth-order valence-electron chi connectivity index (χ4n) is 6.13. The predicted octanol–water partition coefficient (Wildman–Crippen LogP) is 4.94. The molecule has 3 aromatic carbocycles. The van der Waals surface area contributed by atoms with E-state index in [9.17, 15) is 14.9 Å². The number of nitro benzene ring substituents is 1. The molecule has 3 aromatic rings. The normalized spacial score (nSPS) is 19.1. The molecule has 2 N–H and O–H groups in total. The van der Waals surface area contributed by atoms with Gasteiger partial charge in [0.1, 0.15) is 5.69 Å². The maximum Gasteiger partial charge on any atom is 0.293 e. The van der Waals surface area contributed by atoms with E-state index in [2.05, 4.69) is 16.8 Å². The van der Waals surface area contributed by atoms with E-state index in [1.165, 1.54) is 0 Å². The Kier molecular flexibility index (Phi) is 9.47. The summed E-state index contributed by atoms with van der Waals surface area (Å²) in [6.45, 7) is 3.64. The summed E-state index contributed by atoms with van der Waals surface area (Å²) in [6, 6.07) is 18.9. The smallest absolute Gasteiger partial charge is 0.293 e. The molecule has 2 fully saturated rings. The molecule has 228 valence electrons. The van der Waals surface area contributed by atoms with Gasteiger partial charge in [-0.15, -0.1) is 0 Å². The first-order valence-corrected chi connectivity index (χ1v) is 14.9. The van der Waals surface area contributed by atoms with Crippen LogP contribution in [0, 0.1) is 10.1 Å². The van der Waals surface area contributed by atoms with Crippen molar-refractivity contribution >= 4 is 17.3 Å². The molecule has 0 aromatic heterocycles. The molecule has 2 aliphatic rings. The summed E-state index contributed by atoms with van der Waals surface area (Å²) in [5, 5.41) is 12.1. The standard InChI is InChI=1S/C33H41N5O5/c1-35-15-17-36(18-16-35)29-13-7-25(20-30(29)38(40)41)24-6-4-5-23(19-24)22-37(28-11-9-27(34)10-12-28)33(39)26-8-14-31(42-2)32(21-26)43-3/h4-8,13-14,19-21,27-28H,9-12,15-18,22,34H2,1-3H3. The van der Waals surface area contributed by atoms with Crippen molar-refractivity contribution in [2.75, 3.05) is 52.3 Å². The van der Waals surface area contributed by atoms with Gasteiger partial charge in [-0.3, -0.25) is 14.9 Å². The summed E-state index contributed by atoms with van der Waals surface area (Å²) in [6.07, 6.45) is 3.40. The summed E-state index contributed by atoms with van der Waals surface area (Å²) in [5.41, 5.74) is 10.1. The molecule has 1 amide bonds. The minimum Gasteiger partial charge on any atom is -0.493 e. The Balaban J connectivity index is 1.43. The van der Waals surface area contributed by atoms with E-state index >= 15 is 0 Å². The van der Waals surface area contributed by atoms with Gasteiger partial charge in [0, 0.05) is 56.4 Å². The average Bonchev–Trinajstić information content (AvgIpc) is 3.03. The van der Waals surface area contributed by atoms with Crippen LogP contribution in [0.25, 0.3) is 11.1 Å². The second-order valence-electron chi connectivity index (χ2n) is 11.5. The molecule has 0 unspecified atom stereocenters. The van der Waals surface area contributed by atoms with Gasteiger partial charge in [-0.05, 0) is 79.8 Å². The molecular formula is C33H41N5O5. The van der Waals surface area contributed by atoms with Crippen LogP contribution in [0.2, 0.25) is 0 Å². The summed E-state index contributed by atoms with van der Waals surface area (Å²) < 4.78 is 10.8. The third kappa shape index (κ3) is 6.92. The number of carbonyl (C=O) groups excluding carboxylic acids is 1. The van der Waals surface area contributed by atoms with E-state index in [4.69, 9.17) is 15.2 Å². The van der Waals surface area contributed by atoms with Crippen LogP contribution in [0.1, 0.15) is 41.6 Å². The highest BCUT2D eigenvalue weighted by molar-refractivity contribution is 5.95. The number of nitro groups is 1. The summed E-state index contributed by atoms with van der Waals surface area (Å²) in [7, 11) is 5.19. The summed E-state index contributed by atoms with van der Waals surface area (Å²) in [4.78, 5) is 32.1. The van der Waals surface area contributed by atoms with E-state index in [1.807, 2.05) is 41.3 Å².